The predicted octanol–water partition coefficient (Wildman–Crippen LogP) is 1.60. The molecular formula is C10H18BrN3O2S. The number of nitrogens with one attached hydrogen (secondary N) is 1. The lowest BCUT2D eigenvalue weighted by Gasteiger charge is -2.18. The molecule has 1 unspecified atom stereocenters. The molecular weight excluding hydrogens is 306 g/mol. The number of aryl methyl sites for hydroxylation is 1. The Bertz CT molecular complexity index is 456. The zero-order valence-corrected chi connectivity index (χ0v) is 12.6. The third-order valence-corrected chi connectivity index (χ3v) is 4.60. The molecule has 1 heterocycles. The summed E-state index contributed by atoms with van der Waals surface area (Å²) in [6.07, 6.45) is 3.06. The Balaban J connectivity index is 2.88. The molecule has 0 saturated heterocycles. The Morgan fingerprint density at radius 2 is 2.18 bits per heavy atom. The summed E-state index contributed by atoms with van der Waals surface area (Å²) in [7, 11) is -3.52. The molecule has 0 saturated carbocycles. The second kappa shape index (κ2) is 5.97. The minimum absolute atomic E-state index is 0.0750. The van der Waals surface area contributed by atoms with Gasteiger partial charge in [-0.2, -0.15) is 0 Å². The summed E-state index contributed by atoms with van der Waals surface area (Å²) in [6.45, 7) is 6.58. The topological polar surface area (TPSA) is 64.0 Å². The van der Waals surface area contributed by atoms with Crippen LogP contribution in [-0.2, 0) is 16.6 Å². The average molecular weight is 324 g/mol. The Labute approximate surface area is 111 Å². The van der Waals surface area contributed by atoms with Gasteiger partial charge in [-0.3, -0.25) is 0 Å². The number of nitrogens with zero attached hydrogens (tertiary/aromatic N) is 2. The number of halogens is 1. The number of sulfonamides is 1. The first-order valence-electron chi connectivity index (χ1n) is 5.50. The lowest BCUT2D eigenvalue weighted by molar-refractivity contribution is 0.482. The van der Waals surface area contributed by atoms with Crippen LogP contribution in [0.15, 0.2) is 17.6 Å². The van der Waals surface area contributed by atoms with Gasteiger partial charge in [0.15, 0.2) is 5.03 Å². The average Bonchev–Trinajstić information content (AvgIpc) is 2.74. The molecule has 0 amide bonds. The van der Waals surface area contributed by atoms with Gasteiger partial charge in [0.2, 0.25) is 0 Å². The largest absolute Gasteiger partial charge is 0.336 e. The van der Waals surface area contributed by atoms with Crippen molar-refractivity contribution in [2.45, 2.75) is 38.4 Å². The van der Waals surface area contributed by atoms with Gasteiger partial charge in [-0.05, 0) is 12.8 Å². The monoisotopic (exact) mass is 323 g/mol. The van der Waals surface area contributed by atoms with E-state index in [0.29, 0.717) is 11.9 Å². The van der Waals surface area contributed by atoms with Gasteiger partial charge < -0.3 is 4.57 Å². The molecule has 0 aliphatic carbocycles. The normalized spacial score (nSPS) is 14.2. The molecule has 0 bridgehead atoms. The van der Waals surface area contributed by atoms with E-state index in [1.54, 1.807) is 4.57 Å². The molecule has 0 aromatic carbocycles. The van der Waals surface area contributed by atoms with Crippen molar-refractivity contribution in [2.75, 3.05) is 5.33 Å². The van der Waals surface area contributed by atoms with E-state index in [9.17, 15) is 8.42 Å². The van der Waals surface area contributed by atoms with Crippen molar-refractivity contribution in [3.8, 4) is 0 Å². The zero-order valence-electron chi connectivity index (χ0n) is 10.2. The van der Waals surface area contributed by atoms with Gasteiger partial charge in [0.1, 0.15) is 0 Å². The third-order valence-electron chi connectivity index (χ3n) is 2.53. The molecule has 1 rings (SSSR count). The number of hydrogen-bond acceptors (Lipinski definition) is 3. The van der Waals surface area contributed by atoms with Crippen molar-refractivity contribution >= 4 is 26.0 Å². The molecule has 1 aromatic rings. The fourth-order valence-corrected chi connectivity index (χ4v) is 3.72. The van der Waals surface area contributed by atoms with Crippen LogP contribution < -0.4 is 4.72 Å². The minimum atomic E-state index is -3.52. The smallest absolute Gasteiger partial charge is 0.259 e. The molecule has 7 heteroatoms. The molecule has 0 aliphatic heterocycles. The summed E-state index contributed by atoms with van der Waals surface area (Å²) in [5.74, 6) is 0.220. The summed E-state index contributed by atoms with van der Waals surface area (Å²) in [4.78, 5) is 3.90. The number of rotatable bonds is 6. The van der Waals surface area contributed by atoms with Crippen LogP contribution in [0.1, 0.15) is 20.8 Å². The van der Waals surface area contributed by atoms with Crippen LogP contribution in [0, 0.1) is 5.92 Å². The van der Waals surface area contributed by atoms with E-state index in [0.717, 1.165) is 0 Å². The van der Waals surface area contributed by atoms with E-state index >= 15 is 0 Å². The standard InChI is InChI=1S/C10H18BrN3O2S/c1-4-14-6-10(12-7-14)17(15,16)13-9(5-11)8(2)3/h6-9,13H,4-5H2,1-3H3. The SMILES string of the molecule is CCn1cnc(S(=O)(=O)NC(CBr)C(C)C)c1. The quantitative estimate of drug-likeness (QED) is 0.809. The molecule has 0 spiro atoms. The summed E-state index contributed by atoms with van der Waals surface area (Å²) >= 11 is 3.31. The first-order valence-corrected chi connectivity index (χ1v) is 8.11. The van der Waals surface area contributed by atoms with Crippen LogP contribution in [0.2, 0.25) is 0 Å². The molecule has 5 nitrogen and oxygen atoms in total. The number of imidazole rings is 1. The predicted molar refractivity (Wildman–Crippen MR) is 70.6 cm³/mol. The molecule has 1 atom stereocenters. The highest BCUT2D eigenvalue weighted by Crippen LogP contribution is 2.11. The maximum Gasteiger partial charge on any atom is 0.259 e. The molecule has 1 N–H and O–H groups in total. The lowest BCUT2D eigenvalue weighted by Crippen LogP contribution is -2.39. The molecule has 0 radical (unpaired) electrons. The van der Waals surface area contributed by atoms with Gasteiger partial charge in [0.25, 0.3) is 10.0 Å². The van der Waals surface area contributed by atoms with Crippen molar-refractivity contribution in [3.05, 3.63) is 12.5 Å². The highest BCUT2D eigenvalue weighted by molar-refractivity contribution is 9.09. The molecule has 17 heavy (non-hydrogen) atoms. The number of alkyl halides is 1. The molecule has 1 aromatic heterocycles. The maximum absolute atomic E-state index is 12.0. The van der Waals surface area contributed by atoms with Crippen molar-refractivity contribution in [1.82, 2.24) is 14.3 Å². The fourth-order valence-electron chi connectivity index (χ4n) is 1.26. The van der Waals surface area contributed by atoms with Gasteiger partial charge in [-0.15, -0.1) is 0 Å². The van der Waals surface area contributed by atoms with Gasteiger partial charge in [-0.1, -0.05) is 29.8 Å². The van der Waals surface area contributed by atoms with Crippen LogP contribution in [0.5, 0.6) is 0 Å². The van der Waals surface area contributed by atoms with Crippen molar-refractivity contribution < 1.29 is 8.42 Å². The summed E-state index contributed by atoms with van der Waals surface area (Å²) in [6, 6.07) is -0.133. The van der Waals surface area contributed by atoms with E-state index < -0.39 is 10.0 Å². The van der Waals surface area contributed by atoms with Crippen LogP contribution in [0.25, 0.3) is 0 Å². The Hall–Kier alpha value is -0.400. The lowest BCUT2D eigenvalue weighted by atomic mass is 10.1. The van der Waals surface area contributed by atoms with Gasteiger partial charge in [0, 0.05) is 24.1 Å². The Morgan fingerprint density at radius 1 is 1.53 bits per heavy atom. The van der Waals surface area contributed by atoms with E-state index in [1.807, 2.05) is 20.8 Å². The van der Waals surface area contributed by atoms with Crippen LogP contribution in [0.3, 0.4) is 0 Å². The van der Waals surface area contributed by atoms with Gasteiger partial charge in [0.05, 0.1) is 6.33 Å². The van der Waals surface area contributed by atoms with Crippen molar-refractivity contribution in [1.29, 1.82) is 0 Å². The molecule has 0 fully saturated rings. The van der Waals surface area contributed by atoms with Crippen LogP contribution >= 0.6 is 15.9 Å². The van der Waals surface area contributed by atoms with Gasteiger partial charge in [-0.25, -0.2) is 18.1 Å². The summed E-state index contributed by atoms with van der Waals surface area (Å²) in [5.41, 5.74) is 0. The van der Waals surface area contributed by atoms with Crippen LogP contribution in [-0.4, -0.2) is 29.3 Å². The highest BCUT2D eigenvalue weighted by Gasteiger charge is 2.23. The van der Waals surface area contributed by atoms with Crippen molar-refractivity contribution in [3.63, 3.8) is 0 Å². The Kier molecular flexibility index (Phi) is 5.15. The summed E-state index contributed by atoms with van der Waals surface area (Å²) in [5, 5.41) is 0.657. The highest BCUT2D eigenvalue weighted by atomic mass is 79.9. The second-order valence-corrected chi connectivity index (χ2v) is 6.48. The first kappa shape index (κ1) is 14.7. The third kappa shape index (κ3) is 3.79. The maximum atomic E-state index is 12.0. The second-order valence-electron chi connectivity index (χ2n) is 4.17. The number of aromatic nitrogens is 2. The van der Waals surface area contributed by atoms with E-state index in [4.69, 9.17) is 0 Å². The van der Waals surface area contributed by atoms with Crippen LogP contribution in [0.4, 0.5) is 0 Å². The van der Waals surface area contributed by atoms with Crippen molar-refractivity contribution in [2.24, 2.45) is 5.92 Å². The molecule has 98 valence electrons. The van der Waals surface area contributed by atoms with E-state index in [2.05, 4.69) is 25.6 Å². The first-order chi connectivity index (χ1) is 7.90. The van der Waals surface area contributed by atoms with E-state index in [1.165, 1.54) is 12.5 Å². The zero-order chi connectivity index (χ0) is 13.1. The number of hydrogen-bond donors (Lipinski definition) is 1. The van der Waals surface area contributed by atoms with Gasteiger partial charge >= 0.3 is 0 Å². The molecule has 0 aliphatic rings. The minimum Gasteiger partial charge on any atom is -0.336 e. The van der Waals surface area contributed by atoms with E-state index in [-0.39, 0.29) is 17.0 Å². The summed E-state index contributed by atoms with van der Waals surface area (Å²) < 4.78 is 28.4. The fraction of sp³-hybridized carbons (Fsp3) is 0.700. The Morgan fingerprint density at radius 3 is 2.59 bits per heavy atom.